The second-order valence-electron chi connectivity index (χ2n) is 8.98. The Balaban J connectivity index is 1.57. The molecule has 8 nitrogen and oxygen atoms in total. The van der Waals surface area contributed by atoms with E-state index in [1.54, 1.807) is 0 Å². The molecule has 14 heteroatoms. The lowest BCUT2D eigenvalue weighted by Crippen LogP contribution is -2.58. The van der Waals surface area contributed by atoms with Crippen LogP contribution in [0.3, 0.4) is 0 Å². The smallest absolute Gasteiger partial charge is 0.386 e. The highest BCUT2D eigenvalue weighted by atomic mass is 32.2. The van der Waals surface area contributed by atoms with Gasteiger partial charge in [-0.2, -0.15) is 13.2 Å². The van der Waals surface area contributed by atoms with Gasteiger partial charge in [0.25, 0.3) is 0 Å². The van der Waals surface area contributed by atoms with Crippen molar-refractivity contribution >= 4 is 38.2 Å². The first-order chi connectivity index (χ1) is 16.8. The van der Waals surface area contributed by atoms with Crippen molar-refractivity contribution in [3.05, 3.63) is 53.7 Å². The van der Waals surface area contributed by atoms with Gasteiger partial charge in [-0.15, -0.1) is 0 Å². The normalized spacial score (nSPS) is 27.2. The van der Waals surface area contributed by atoms with Crippen molar-refractivity contribution < 1.29 is 30.4 Å². The van der Waals surface area contributed by atoms with Gasteiger partial charge in [0, 0.05) is 17.4 Å². The monoisotopic (exact) mass is 526 g/mol. The average Bonchev–Trinajstić information content (AvgIpc) is 3.02. The van der Waals surface area contributed by atoms with Crippen molar-refractivity contribution in [2.45, 2.75) is 41.5 Å². The number of benzene rings is 1. The Hall–Kier alpha value is -3.42. The minimum Gasteiger partial charge on any atom is -0.386 e. The summed E-state index contributed by atoms with van der Waals surface area (Å²) in [7, 11) is -4.12. The van der Waals surface area contributed by atoms with E-state index in [9.17, 15) is 26.0 Å². The van der Waals surface area contributed by atoms with Gasteiger partial charge in [-0.1, -0.05) is 0 Å². The zero-order chi connectivity index (χ0) is 26.1. The molecular formula is C22H19F5N6O2S. The Morgan fingerprint density at radius 2 is 1.94 bits per heavy atom. The second kappa shape index (κ2) is 7.79. The van der Waals surface area contributed by atoms with Crippen molar-refractivity contribution in [2.24, 2.45) is 10.7 Å². The number of hydrogen-bond acceptors (Lipinski definition) is 8. The highest BCUT2D eigenvalue weighted by Gasteiger charge is 2.65. The van der Waals surface area contributed by atoms with Crippen LogP contribution in [0.4, 0.5) is 33.5 Å². The van der Waals surface area contributed by atoms with E-state index in [0.29, 0.717) is 6.20 Å². The molecule has 36 heavy (non-hydrogen) atoms. The highest BCUT2D eigenvalue weighted by molar-refractivity contribution is 7.94. The van der Waals surface area contributed by atoms with E-state index in [2.05, 4.69) is 25.3 Å². The van der Waals surface area contributed by atoms with Gasteiger partial charge >= 0.3 is 6.18 Å². The maximum atomic E-state index is 15.1. The van der Waals surface area contributed by atoms with Crippen LogP contribution in [0, 0.1) is 5.82 Å². The Labute approximate surface area is 201 Å². The summed E-state index contributed by atoms with van der Waals surface area (Å²) in [5.74, 6) is -1.10. The molecule has 0 spiro atoms. The van der Waals surface area contributed by atoms with Crippen LogP contribution < -0.4 is 11.1 Å². The summed E-state index contributed by atoms with van der Waals surface area (Å²) in [6.45, 7) is 0.212. The molecule has 1 saturated heterocycles. The number of nitrogens with two attached hydrogens (primary N) is 1. The fourth-order valence-corrected chi connectivity index (χ4v) is 7.63. The number of pyridine rings is 1. The Morgan fingerprint density at radius 3 is 2.64 bits per heavy atom. The number of aromatic nitrogens is 3. The summed E-state index contributed by atoms with van der Waals surface area (Å²) < 4.78 is 92.6. The van der Waals surface area contributed by atoms with Crippen LogP contribution in [-0.2, 0) is 21.6 Å². The Morgan fingerprint density at radius 1 is 1.19 bits per heavy atom. The summed E-state index contributed by atoms with van der Waals surface area (Å²) in [5.41, 5.74) is 3.45. The van der Waals surface area contributed by atoms with E-state index in [0.717, 1.165) is 18.5 Å². The summed E-state index contributed by atoms with van der Waals surface area (Å²) in [6, 6.07) is 4.57. The van der Waals surface area contributed by atoms with Crippen LogP contribution in [-0.4, -0.2) is 45.9 Å². The van der Waals surface area contributed by atoms with Crippen molar-refractivity contribution in [1.82, 2.24) is 15.0 Å². The fourth-order valence-electron chi connectivity index (χ4n) is 4.98. The molecule has 0 amide bonds. The first-order valence-corrected chi connectivity index (χ1v) is 12.3. The zero-order valence-electron chi connectivity index (χ0n) is 18.6. The molecule has 1 aromatic carbocycles. The van der Waals surface area contributed by atoms with Gasteiger partial charge in [-0.3, -0.25) is 9.98 Å². The van der Waals surface area contributed by atoms with Gasteiger partial charge in [0.1, 0.15) is 35.7 Å². The van der Waals surface area contributed by atoms with E-state index in [1.165, 1.54) is 19.1 Å². The van der Waals surface area contributed by atoms with Crippen LogP contribution in [0.25, 0.3) is 11.0 Å². The van der Waals surface area contributed by atoms with Crippen molar-refractivity contribution in [3.8, 4) is 0 Å². The third-order valence-electron chi connectivity index (χ3n) is 6.97. The number of nitrogens with one attached hydrogen (secondary N) is 1. The molecule has 4 heterocycles. The maximum Gasteiger partial charge on any atom is 0.417 e. The van der Waals surface area contributed by atoms with Gasteiger partial charge in [-0.25, -0.2) is 27.2 Å². The predicted octanol–water partition coefficient (Wildman–Crippen LogP) is 3.80. The number of anilines is 2. The predicted molar refractivity (Wildman–Crippen MR) is 122 cm³/mol. The van der Waals surface area contributed by atoms with Crippen LogP contribution in [0.5, 0.6) is 0 Å². The zero-order valence-corrected chi connectivity index (χ0v) is 19.5. The third-order valence-corrected chi connectivity index (χ3v) is 10.0. The van der Waals surface area contributed by atoms with Crippen molar-refractivity contribution in [1.29, 1.82) is 0 Å². The largest absolute Gasteiger partial charge is 0.417 e. The SMILES string of the molecule is C[C@]1(c2cc(Nc3ncnc4cc(C(F)(F)F)cnc34)ccc2F)N=C(N)[C@@]2(CF)CC[C@@H]1S2(=O)=O. The quantitative estimate of drug-likeness (QED) is 0.496. The molecule has 3 N–H and O–H groups in total. The lowest BCUT2D eigenvalue weighted by molar-refractivity contribution is -0.137. The number of alkyl halides is 4. The van der Waals surface area contributed by atoms with Crippen molar-refractivity contribution in [2.75, 3.05) is 12.0 Å². The minimum atomic E-state index is -4.61. The van der Waals surface area contributed by atoms with Gasteiger partial charge < -0.3 is 11.1 Å². The number of aliphatic imine (C=N–C) groups is 1. The standard InChI is InChI=1S/C22H19F5N6O2S/c1-20(16-4-5-21(9-23,19(28)33-20)36(16,34)35)13-7-12(2-3-14(13)24)32-18-17-15(30-10-31-18)6-11(8-29-17)22(25,26)27/h2-3,6-8,10,16H,4-5,9H2,1H3,(H2,28,33)(H,30,31,32)/t16-,20+,21-/m0/s1. The highest BCUT2D eigenvalue weighted by Crippen LogP contribution is 2.52. The average molecular weight is 526 g/mol. The Bertz CT molecular complexity index is 1530. The second-order valence-corrected chi connectivity index (χ2v) is 11.4. The van der Waals surface area contributed by atoms with Crippen LogP contribution >= 0.6 is 0 Å². The lowest BCUT2D eigenvalue weighted by atomic mass is 9.86. The summed E-state index contributed by atoms with van der Waals surface area (Å²) >= 11 is 0. The fraction of sp³-hybridized carbons (Fsp3) is 0.364. The van der Waals surface area contributed by atoms with Crippen LogP contribution in [0.2, 0.25) is 0 Å². The van der Waals surface area contributed by atoms with Crippen molar-refractivity contribution in [3.63, 3.8) is 0 Å². The van der Waals surface area contributed by atoms with E-state index >= 15 is 4.39 Å². The maximum absolute atomic E-state index is 15.1. The van der Waals surface area contributed by atoms with E-state index < -0.39 is 55.4 Å². The number of rotatable bonds is 4. The number of halogens is 5. The number of hydrogen-bond donors (Lipinski definition) is 2. The summed E-state index contributed by atoms with van der Waals surface area (Å²) in [5, 5.41) is 1.68. The third kappa shape index (κ3) is 3.33. The lowest BCUT2D eigenvalue weighted by Gasteiger charge is -2.39. The molecule has 5 rings (SSSR count). The van der Waals surface area contributed by atoms with Crippen LogP contribution in [0.15, 0.2) is 41.8 Å². The number of nitrogens with zero attached hydrogens (tertiary/aromatic N) is 4. The molecule has 2 aliphatic heterocycles. The topological polar surface area (TPSA) is 123 Å². The number of sulfone groups is 1. The number of amidine groups is 1. The molecule has 0 radical (unpaired) electrons. The Kier molecular flexibility index (Phi) is 5.25. The van der Waals surface area contributed by atoms with E-state index in [-0.39, 0.29) is 40.9 Å². The summed E-state index contributed by atoms with van der Waals surface area (Å²) in [6.07, 6.45) is -2.92. The molecule has 2 bridgehead atoms. The molecule has 1 fully saturated rings. The van der Waals surface area contributed by atoms with E-state index in [4.69, 9.17) is 5.73 Å². The molecule has 2 aliphatic rings. The summed E-state index contributed by atoms with van der Waals surface area (Å²) in [4.78, 5) is 16.0. The molecule has 2 aromatic heterocycles. The van der Waals surface area contributed by atoms with Crippen LogP contribution in [0.1, 0.15) is 30.9 Å². The molecule has 0 aliphatic carbocycles. The van der Waals surface area contributed by atoms with Gasteiger partial charge in [0.15, 0.2) is 20.4 Å². The first-order valence-electron chi connectivity index (χ1n) is 10.7. The molecule has 0 unspecified atom stereocenters. The van der Waals surface area contributed by atoms with Gasteiger partial charge in [0.2, 0.25) is 0 Å². The molecule has 190 valence electrons. The minimum absolute atomic E-state index is 0.0358. The first kappa shape index (κ1) is 24.3. The molecular weight excluding hydrogens is 507 g/mol. The molecule has 3 atom stereocenters. The van der Waals surface area contributed by atoms with Gasteiger partial charge in [-0.05, 0) is 44.0 Å². The van der Waals surface area contributed by atoms with E-state index in [1.807, 2.05) is 0 Å². The number of fused-ring (bicyclic) bond motifs is 3. The molecule has 3 aromatic rings. The molecule has 0 saturated carbocycles. The van der Waals surface area contributed by atoms with Gasteiger partial charge in [0.05, 0.1) is 16.3 Å².